The van der Waals surface area contributed by atoms with Crippen molar-refractivity contribution in [3.63, 3.8) is 0 Å². The van der Waals surface area contributed by atoms with Crippen molar-refractivity contribution in [1.82, 2.24) is 14.9 Å². The number of carbonyl (C=O) groups excluding carboxylic acids is 1. The minimum atomic E-state index is -1.30. The molecule has 2 aromatic carbocycles. The fraction of sp³-hybridized carbons (Fsp3) is 0.375. The van der Waals surface area contributed by atoms with E-state index in [0.29, 0.717) is 38.4 Å². The number of nitrogens with zero attached hydrogens (tertiary/aromatic N) is 4. The van der Waals surface area contributed by atoms with E-state index in [-0.39, 0.29) is 5.91 Å². The van der Waals surface area contributed by atoms with E-state index in [2.05, 4.69) is 17.9 Å². The van der Waals surface area contributed by atoms with Crippen molar-refractivity contribution in [3.05, 3.63) is 54.1 Å². The molecule has 1 N–H and O–H groups in total. The van der Waals surface area contributed by atoms with Crippen LogP contribution in [0.1, 0.15) is 25.8 Å². The molecule has 1 aliphatic heterocycles. The molecule has 0 bridgehead atoms. The molecule has 1 fully saturated rings. The second kappa shape index (κ2) is 8.03. The van der Waals surface area contributed by atoms with Crippen molar-refractivity contribution in [2.75, 3.05) is 31.1 Å². The van der Waals surface area contributed by atoms with Crippen LogP contribution in [0, 0.1) is 6.92 Å². The highest BCUT2D eigenvalue weighted by molar-refractivity contribution is 5.91. The lowest BCUT2D eigenvalue weighted by molar-refractivity contribution is -0.150. The van der Waals surface area contributed by atoms with E-state index in [4.69, 9.17) is 9.97 Å². The molecule has 1 unspecified atom stereocenters. The Bertz CT molecular complexity index is 1070. The normalized spacial score (nSPS) is 16.5. The molecule has 156 valence electrons. The molecule has 1 saturated heterocycles. The van der Waals surface area contributed by atoms with Crippen LogP contribution in [-0.4, -0.2) is 57.7 Å². The van der Waals surface area contributed by atoms with E-state index in [1.807, 2.05) is 49.4 Å². The van der Waals surface area contributed by atoms with Gasteiger partial charge in [0, 0.05) is 37.1 Å². The Hall–Kier alpha value is -2.99. The van der Waals surface area contributed by atoms with E-state index in [1.54, 1.807) is 11.8 Å². The number of hydrogen-bond donors (Lipinski definition) is 1. The monoisotopic (exact) mass is 404 g/mol. The third kappa shape index (κ3) is 3.75. The van der Waals surface area contributed by atoms with Crippen molar-refractivity contribution >= 4 is 22.6 Å². The van der Waals surface area contributed by atoms with Gasteiger partial charge < -0.3 is 14.9 Å². The van der Waals surface area contributed by atoms with Gasteiger partial charge in [0.05, 0.1) is 5.52 Å². The zero-order valence-electron chi connectivity index (χ0n) is 17.8. The highest BCUT2D eigenvalue weighted by Crippen LogP contribution is 2.29. The number of benzene rings is 2. The van der Waals surface area contributed by atoms with Gasteiger partial charge >= 0.3 is 0 Å². The molecule has 0 spiro atoms. The Balaban J connectivity index is 1.66. The van der Waals surface area contributed by atoms with Gasteiger partial charge in [0.2, 0.25) is 0 Å². The van der Waals surface area contributed by atoms with Gasteiger partial charge in [0.25, 0.3) is 5.91 Å². The Morgan fingerprint density at radius 2 is 1.70 bits per heavy atom. The molecule has 2 heterocycles. The fourth-order valence-corrected chi connectivity index (χ4v) is 3.86. The van der Waals surface area contributed by atoms with Crippen LogP contribution in [0.4, 0.5) is 5.82 Å². The zero-order chi connectivity index (χ0) is 21.3. The quantitative estimate of drug-likeness (QED) is 0.722. The average Bonchev–Trinajstić information content (AvgIpc) is 2.78. The van der Waals surface area contributed by atoms with Crippen molar-refractivity contribution in [2.45, 2.75) is 32.8 Å². The number of amides is 1. The number of carbonyl (C=O) groups is 1. The minimum absolute atomic E-state index is 0.196. The lowest BCUT2D eigenvalue weighted by Gasteiger charge is -2.38. The molecule has 0 radical (unpaired) electrons. The van der Waals surface area contributed by atoms with Crippen molar-refractivity contribution in [1.29, 1.82) is 0 Å². The van der Waals surface area contributed by atoms with Crippen molar-refractivity contribution < 1.29 is 9.90 Å². The molecule has 1 atom stereocenters. The Labute approximate surface area is 177 Å². The molecule has 4 rings (SSSR count). The van der Waals surface area contributed by atoms with E-state index in [0.717, 1.165) is 27.8 Å². The van der Waals surface area contributed by atoms with E-state index < -0.39 is 5.60 Å². The lowest BCUT2D eigenvalue weighted by atomic mass is 10.0. The second-order valence-corrected chi connectivity index (χ2v) is 8.11. The zero-order valence-corrected chi connectivity index (χ0v) is 17.8. The maximum absolute atomic E-state index is 12.6. The van der Waals surface area contributed by atoms with Gasteiger partial charge in [-0.25, -0.2) is 9.97 Å². The van der Waals surface area contributed by atoms with E-state index >= 15 is 0 Å². The molecule has 0 saturated carbocycles. The summed E-state index contributed by atoms with van der Waals surface area (Å²) in [6, 6.07) is 16.2. The van der Waals surface area contributed by atoms with Gasteiger partial charge in [-0.2, -0.15) is 0 Å². The largest absolute Gasteiger partial charge is 0.380 e. The van der Waals surface area contributed by atoms with Crippen LogP contribution in [0.3, 0.4) is 0 Å². The molecular formula is C24H28N4O2. The van der Waals surface area contributed by atoms with Gasteiger partial charge in [-0.15, -0.1) is 0 Å². The van der Waals surface area contributed by atoms with E-state index in [9.17, 15) is 9.90 Å². The first kappa shape index (κ1) is 20.3. The van der Waals surface area contributed by atoms with Crippen LogP contribution in [0.15, 0.2) is 48.5 Å². The summed E-state index contributed by atoms with van der Waals surface area (Å²) in [5, 5.41) is 11.3. The molecule has 6 heteroatoms. The number of hydrogen-bond acceptors (Lipinski definition) is 5. The van der Waals surface area contributed by atoms with Crippen LogP contribution in [0.5, 0.6) is 0 Å². The number of anilines is 1. The number of aromatic nitrogens is 2. The summed E-state index contributed by atoms with van der Waals surface area (Å²) < 4.78 is 0. The molecule has 1 aromatic heterocycles. The summed E-state index contributed by atoms with van der Waals surface area (Å²) in [6.45, 7) is 7.94. The first-order valence-electron chi connectivity index (χ1n) is 10.5. The number of aliphatic hydroxyl groups is 1. The first-order valence-corrected chi connectivity index (χ1v) is 10.5. The smallest absolute Gasteiger partial charge is 0.254 e. The summed E-state index contributed by atoms with van der Waals surface area (Å²) in [5.41, 5.74) is 1.77. The maximum Gasteiger partial charge on any atom is 0.254 e. The number of piperazine rings is 1. The summed E-state index contributed by atoms with van der Waals surface area (Å²) in [7, 11) is 0. The van der Waals surface area contributed by atoms with Crippen LogP contribution in [0.2, 0.25) is 0 Å². The number of para-hydroxylation sites is 1. The van der Waals surface area contributed by atoms with Crippen LogP contribution in [0.25, 0.3) is 22.3 Å². The molecule has 1 amide bonds. The van der Waals surface area contributed by atoms with Gasteiger partial charge in [0.15, 0.2) is 5.82 Å². The van der Waals surface area contributed by atoms with Gasteiger partial charge in [-0.1, -0.05) is 43.3 Å². The third-order valence-electron chi connectivity index (χ3n) is 5.98. The van der Waals surface area contributed by atoms with Crippen LogP contribution < -0.4 is 4.90 Å². The van der Waals surface area contributed by atoms with Gasteiger partial charge in [-0.3, -0.25) is 4.79 Å². The lowest BCUT2D eigenvalue weighted by Crippen LogP contribution is -2.55. The molecular weight excluding hydrogens is 376 g/mol. The van der Waals surface area contributed by atoms with Crippen molar-refractivity contribution in [3.8, 4) is 11.4 Å². The van der Waals surface area contributed by atoms with Gasteiger partial charge in [-0.05, 0) is 38.0 Å². The average molecular weight is 405 g/mol. The maximum atomic E-state index is 12.6. The van der Waals surface area contributed by atoms with Crippen molar-refractivity contribution in [2.24, 2.45) is 0 Å². The number of aryl methyl sites for hydroxylation is 1. The standard InChI is InChI=1S/C24H28N4O2/c1-4-24(3,30)23(29)28-15-13-27(14-16-28)22-19-11-7-8-12-20(19)25-21(26-22)18-10-6-5-9-17(18)2/h5-12,30H,4,13-16H2,1-3H3. The van der Waals surface area contributed by atoms with Crippen LogP contribution >= 0.6 is 0 Å². The summed E-state index contributed by atoms with van der Waals surface area (Å²) >= 11 is 0. The molecule has 3 aromatic rings. The van der Waals surface area contributed by atoms with Gasteiger partial charge in [0.1, 0.15) is 11.4 Å². The van der Waals surface area contributed by atoms with E-state index in [1.165, 1.54) is 0 Å². The third-order valence-corrected chi connectivity index (χ3v) is 5.98. The Morgan fingerprint density at radius 3 is 2.40 bits per heavy atom. The molecule has 30 heavy (non-hydrogen) atoms. The SMILES string of the molecule is CCC(C)(O)C(=O)N1CCN(c2nc(-c3ccccc3C)nc3ccccc23)CC1. The minimum Gasteiger partial charge on any atom is -0.380 e. The highest BCUT2D eigenvalue weighted by atomic mass is 16.3. The first-order chi connectivity index (χ1) is 14.4. The van der Waals surface area contributed by atoms with Crippen LogP contribution in [-0.2, 0) is 4.79 Å². The Morgan fingerprint density at radius 1 is 1.03 bits per heavy atom. The predicted octanol–water partition coefficient (Wildman–Crippen LogP) is 3.41. The topological polar surface area (TPSA) is 69.6 Å². The number of fused-ring (bicyclic) bond motifs is 1. The molecule has 0 aliphatic carbocycles. The summed E-state index contributed by atoms with van der Waals surface area (Å²) in [4.78, 5) is 26.4. The fourth-order valence-electron chi connectivity index (χ4n) is 3.86. The summed E-state index contributed by atoms with van der Waals surface area (Å²) in [6.07, 6.45) is 0.405. The highest BCUT2D eigenvalue weighted by Gasteiger charge is 2.34. The molecule has 1 aliphatic rings. The summed E-state index contributed by atoms with van der Waals surface area (Å²) in [5.74, 6) is 1.42. The number of rotatable bonds is 4. The predicted molar refractivity (Wildman–Crippen MR) is 119 cm³/mol. The second-order valence-electron chi connectivity index (χ2n) is 8.11. The Kier molecular flexibility index (Phi) is 5.43. The molecule has 6 nitrogen and oxygen atoms in total.